The maximum absolute atomic E-state index is 5.38. The van der Waals surface area contributed by atoms with Gasteiger partial charge in [-0.05, 0) is 112 Å². The van der Waals surface area contributed by atoms with Gasteiger partial charge < -0.3 is 0 Å². The van der Waals surface area contributed by atoms with E-state index < -0.39 is 0 Å². The lowest BCUT2D eigenvalue weighted by molar-refractivity contribution is 0.592. The molecular weight excluding hydrogens is 853 g/mol. The molecule has 6 nitrogen and oxygen atoms in total. The molecule has 0 radical (unpaired) electrons. The minimum atomic E-state index is -0.119. The maximum atomic E-state index is 5.38. The summed E-state index contributed by atoms with van der Waals surface area (Å²) in [6.07, 6.45) is 3.65. The second-order valence-electron chi connectivity index (χ2n) is 17.7. The van der Waals surface area contributed by atoms with Crippen LogP contribution in [0.2, 0.25) is 0 Å². The van der Waals surface area contributed by atoms with Crippen molar-refractivity contribution in [2.24, 2.45) is 25.9 Å². The van der Waals surface area contributed by atoms with Crippen LogP contribution < -0.4 is 0 Å². The summed E-state index contributed by atoms with van der Waals surface area (Å²) in [5.74, 6) is 1.32. The molecule has 0 amide bonds. The van der Waals surface area contributed by atoms with Crippen molar-refractivity contribution >= 4 is 28.8 Å². The Labute approximate surface area is 411 Å². The topological polar surface area (TPSA) is 75.2 Å². The first-order valence-corrected chi connectivity index (χ1v) is 23.7. The summed E-state index contributed by atoms with van der Waals surface area (Å²) in [6.45, 7) is 13.0. The van der Waals surface area contributed by atoms with Gasteiger partial charge in [0.15, 0.2) is 11.7 Å². The molecule has 0 spiro atoms. The molecule has 0 N–H and O–H groups in total. The lowest BCUT2D eigenvalue weighted by atomic mass is 9.84. The van der Waals surface area contributed by atoms with Gasteiger partial charge in [-0.1, -0.05) is 189 Å². The largest absolute Gasteiger partial charge is 0.265 e. The van der Waals surface area contributed by atoms with E-state index in [0.717, 1.165) is 107 Å². The quantitative estimate of drug-likeness (QED) is 0.0958. The van der Waals surface area contributed by atoms with Crippen LogP contribution in [0.5, 0.6) is 0 Å². The van der Waals surface area contributed by atoms with Crippen molar-refractivity contribution < 1.29 is 0 Å². The van der Waals surface area contributed by atoms with Gasteiger partial charge in [0.2, 0.25) is 0 Å². The highest BCUT2D eigenvalue weighted by Gasteiger charge is 2.30. The Morgan fingerprint density at radius 3 is 1.77 bits per heavy atom. The molecule has 70 heavy (non-hydrogen) atoms. The Balaban J connectivity index is 1.09. The predicted octanol–water partition coefficient (Wildman–Crippen LogP) is 15.3. The van der Waals surface area contributed by atoms with Crippen molar-refractivity contribution in [2.45, 2.75) is 33.7 Å². The number of aliphatic imine (C=N–C) groups is 4. The van der Waals surface area contributed by atoms with Crippen LogP contribution in [0.4, 0.5) is 0 Å². The third kappa shape index (κ3) is 9.67. The van der Waals surface area contributed by atoms with Gasteiger partial charge >= 0.3 is 0 Å². The summed E-state index contributed by atoms with van der Waals surface area (Å²) in [5.41, 5.74) is 19.0. The summed E-state index contributed by atoms with van der Waals surface area (Å²) in [7, 11) is 0. The zero-order chi connectivity index (χ0) is 48.0. The smallest absolute Gasteiger partial charge is 0.160 e. The maximum Gasteiger partial charge on any atom is 0.160 e. The Morgan fingerprint density at radius 1 is 0.500 bits per heavy atom. The lowest BCUT2D eigenvalue weighted by Gasteiger charge is -2.28. The Kier molecular flexibility index (Phi) is 13.0. The Hall–Kier alpha value is -8.74. The van der Waals surface area contributed by atoms with Gasteiger partial charge in [-0.15, -0.1) is 0 Å². The van der Waals surface area contributed by atoms with Crippen LogP contribution in [-0.4, -0.2) is 33.1 Å². The van der Waals surface area contributed by atoms with Crippen molar-refractivity contribution in [3.63, 3.8) is 0 Å². The zero-order valence-electron chi connectivity index (χ0n) is 39.8. The summed E-state index contributed by atoms with van der Waals surface area (Å²) < 4.78 is 0. The van der Waals surface area contributed by atoms with Gasteiger partial charge in [0.1, 0.15) is 0 Å². The molecule has 2 unspecified atom stereocenters. The fourth-order valence-corrected chi connectivity index (χ4v) is 9.42. The number of hydrogen-bond acceptors (Lipinski definition) is 5. The first-order valence-electron chi connectivity index (χ1n) is 23.7. The SMILES string of the molecule is C=C(N=C(N=C(C)c1ccccc1)c1ccccc1)c1ccccc1-c1c(-c2ccc(C3=NC(c4cccc(-c5ccncc5)c4)=NC(c4ccccc4)C3C)cc2)cccc1-c1cc(C)nc(C)c1. The van der Waals surface area contributed by atoms with Crippen LogP contribution in [0.3, 0.4) is 0 Å². The lowest BCUT2D eigenvalue weighted by Crippen LogP contribution is -2.26. The molecule has 0 bridgehead atoms. The van der Waals surface area contributed by atoms with E-state index in [1.54, 1.807) is 0 Å². The van der Waals surface area contributed by atoms with Gasteiger partial charge in [0.25, 0.3) is 0 Å². The molecule has 2 atom stereocenters. The number of amidine groups is 2. The fraction of sp³-hybridized carbons (Fsp3) is 0.0938. The summed E-state index contributed by atoms with van der Waals surface area (Å²) in [4.78, 5) is 30.1. The van der Waals surface area contributed by atoms with E-state index in [9.17, 15) is 0 Å². The van der Waals surface area contributed by atoms with Crippen molar-refractivity contribution in [3.05, 3.63) is 270 Å². The molecule has 0 saturated heterocycles. The van der Waals surface area contributed by atoms with E-state index in [4.69, 9.17) is 25.0 Å². The van der Waals surface area contributed by atoms with Crippen LogP contribution in [0, 0.1) is 19.8 Å². The Bertz CT molecular complexity index is 3440. The monoisotopic (exact) mass is 904 g/mol. The molecule has 0 fully saturated rings. The number of aryl methyl sites for hydroxylation is 2. The molecule has 0 aliphatic carbocycles. The van der Waals surface area contributed by atoms with Gasteiger partial charge in [-0.25, -0.2) is 15.0 Å². The van der Waals surface area contributed by atoms with Crippen LogP contribution in [0.25, 0.3) is 50.2 Å². The second kappa shape index (κ2) is 20.2. The van der Waals surface area contributed by atoms with Crippen molar-refractivity contribution in [2.75, 3.05) is 0 Å². The average Bonchev–Trinajstić information content (AvgIpc) is 3.41. The van der Waals surface area contributed by atoms with E-state index in [0.29, 0.717) is 11.5 Å². The number of nitrogens with zero attached hydrogens (tertiary/aromatic N) is 6. The predicted molar refractivity (Wildman–Crippen MR) is 292 cm³/mol. The van der Waals surface area contributed by atoms with Crippen LogP contribution >= 0.6 is 0 Å². The molecular formula is C64H52N6. The highest BCUT2D eigenvalue weighted by atomic mass is 15.0. The first-order chi connectivity index (χ1) is 34.3. The number of benzene rings is 7. The van der Waals surface area contributed by atoms with E-state index >= 15 is 0 Å². The normalized spacial score (nSPS) is 15.0. The van der Waals surface area contributed by atoms with Crippen LogP contribution in [0.15, 0.2) is 245 Å². The highest BCUT2D eigenvalue weighted by Crippen LogP contribution is 2.44. The van der Waals surface area contributed by atoms with Gasteiger partial charge in [-0.2, -0.15) is 0 Å². The third-order valence-electron chi connectivity index (χ3n) is 12.9. The minimum Gasteiger partial charge on any atom is -0.265 e. The number of hydrogen-bond donors (Lipinski definition) is 0. The van der Waals surface area contributed by atoms with Crippen molar-refractivity contribution in [1.82, 2.24) is 9.97 Å². The zero-order valence-corrected chi connectivity index (χ0v) is 39.8. The van der Waals surface area contributed by atoms with E-state index in [1.807, 2.05) is 80.0 Å². The molecule has 10 rings (SSSR count). The van der Waals surface area contributed by atoms with Crippen molar-refractivity contribution in [1.29, 1.82) is 0 Å². The van der Waals surface area contributed by atoms with E-state index in [-0.39, 0.29) is 12.0 Å². The third-order valence-corrected chi connectivity index (χ3v) is 12.9. The summed E-state index contributed by atoms with van der Waals surface area (Å²) >= 11 is 0. The fourth-order valence-electron chi connectivity index (χ4n) is 9.42. The molecule has 7 aromatic carbocycles. The Morgan fingerprint density at radius 2 is 1.07 bits per heavy atom. The molecule has 1 aliphatic rings. The summed E-state index contributed by atoms with van der Waals surface area (Å²) in [6, 6.07) is 71.6. The first kappa shape index (κ1) is 45.1. The molecule has 338 valence electrons. The van der Waals surface area contributed by atoms with E-state index in [2.05, 4.69) is 178 Å². The molecule has 9 aromatic rings. The number of aromatic nitrogens is 2. The van der Waals surface area contributed by atoms with Crippen LogP contribution in [0.1, 0.15) is 64.7 Å². The standard InChI is InChI=1S/C64H52N6/c1-42-39-55(40-43(2)66-42)58-30-18-29-57(60(58)59-28-16-15-27-56(59)46(5)68-63(52-23-13-8-14-24-52)67-45(4)47-19-9-6-10-20-47)49-31-33-51(34-32-49)62-44(3)61(50-21-11-7-12-22-50)69-64(70-62)54-26-17-25-53(41-54)48-35-37-65-38-36-48/h6-41,44,61H,5H2,1-4H3. The molecule has 2 aromatic heterocycles. The van der Waals surface area contributed by atoms with Gasteiger partial charge in [-0.3, -0.25) is 15.0 Å². The molecule has 1 aliphatic heterocycles. The average molecular weight is 905 g/mol. The second-order valence-corrected chi connectivity index (χ2v) is 17.7. The van der Waals surface area contributed by atoms with E-state index in [1.165, 1.54) is 0 Å². The highest BCUT2D eigenvalue weighted by molar-refractivity contribution is 6.16. The number of pyridine rings is 2. The summed E-state index contributed by atoms with van der Waals surface area (Å²) in [5, 5.41) is 0. The molecule has 0 saturated carbocycles. The van der Waals surface area contributed by atoms with Gasteiger partial charge in [0, 0.05) is 52.1 Å². The van der Waals surface area contributed by atoms with Gasteiger partial charge in [0.05, 0.1) is 17.5 Å². The minimum absolute atomic E-state index is 0.0116. The molecule has 3 heterocycles. The van der Waals surface area contributed by atoms with Crippen LogP contribution in [-0.2, 0) is 0 Å². The molecule has 6 heteroatoms. The number of rotatable bonds is 11. The van der Waals surface area contributed by atoms with Crippen molar-refractivity contribution in [3.8, 4) is 44.5 Å².